The number of nitrogens with one attached hydrogen (secondary N) is 2. The Hall–Kier alpha value is -3.85. The number of rotatable bonds is 11. The number of halogens is 2. The number of carbonyl (C=O) groups is 1. The molecule has 1 amide bonds. The van der Waals surface area contributed by atoms with Crippen molar-refractivity contribution in [2.75, 3.05) is 33.4 Å². The van der Waals surface area contributed by atoms with E-state index < -0.39 is 6.67 Å². The molecule has 0 aliphatic heterocycles. The SMILES string of the molecule is CCOc1cc(C(=O)N(C)[C@H](CCNCCF)c2cnc(C)c3cn[nH]c23)ccc1-c1cccc(F)c1. The highest BCUT2D eigenvalue weighted by molar-refractivity contribution is 5.96. The molecule has 4 rings (SSSR count). The van der Waals surface area contributed by atoms with Crippen LogP contribution in [0.4, 0.5) is 8.78 Å². The fourth-order valence-corrected chi connectivity index (χ4v) is 4.49. The molecule has 2 N–H and O–H groups in total. The number of aromatic amines is 1. The molecular weight excluding hydrogens is 476 g/mol. The van der Waals surface area contributed by atoms with Crippen LogP contribution in [0.5, 0.6) is 5.75 Å². The summed E-state index contributed by atoms with van der Waals surface area (Å²) in [6, 6.07) is 11.1. The zero-order chi connectivity index (χ0) is 26.4. The minimum absolute atomic E-state index is 0.213. The first-order chi connectivity index (χ1) is 17.9. The average Bonchev–Trinajstić information content (AvgIpc) is 3.40. The first kappa shape index (κ1) is 26.2. The highest BCUT2D eigenvalue weighted by atomic mass is 19.1. The lowest BCUT2D eigenvalue weighted by atomic mass is 9.99. The van der Waals surface area contributed by atoms with Gasteiger partial charge in [0.15, 0.2) is 0 Å². The van der Waals surface area contributed by atoms with Gasteiger partial charge < -0.3 is 15.0 Å². The van der Waals surface area contributed by atoms with Crippen LogP contribution < -0.4 is 10.1 Å². The fourth-order valence-electron chi connectivity index (χ4n) is 4.49. The molecule has 0 aliphatic carbocycles. The van der Waals surface area contributed by atoms with Crippen molar-refractivity contribution in [1.82, 2.24) is 25.4 Å². The van der Waals surface area contributed by atoms with Crippen LogP contribution in [0.1, 0.15) is 41.0 Å². The Bertz CT molecular complexity index is 1370. The lowest BCUT2D eigenvalue weighted by Gasteiger charge is -2.29. The number of H-pyrrole nitrogens is 1. The molecule has 0 spiro atoms. The summed E-state index contributed by atoms with van der Waals surface area (Å²) in [5.74, 6) is -0.0576. The maximum atomic E-state index is 13.9. The van der Waals surface area contributed by atoms with Crippen LogP contribution in [0.2, 0.25) is 0 Å². The Morgan fingerprint density at radius 2 is 2.03 bits per heavy atom. The molecule has 9 heteroatoms. The number of nitrogens with zero attached hydrogens (tertiary/aromatic N) is 3. The van der Waals surface area contributed by atoms with E-state index in [1.165, 1.54) is 12.1 Å². The van der Waals surface area contributed by atoms with Gasteiger partial charge in [0.25, 0.3) is 5.91 Å². The van der Waals surface area contributed by atoms with Gasteiger partial charge >= 0.3 is 0 Å². The van der Waals surface area contributed by atoms with Crippen LogP contribution in [0, 0.1) is 12.7 Å². The quantitative estimate of drug-likeness (QED) is 0.272. The van der Waals surface area contributed by atoms with Crippen molar-refractivity contribution >= 4 is 16.8 Å². The molecule has 0 aliphatic rings. The third kappa shape index (κ3) is 5.77. The van der Waals surface area contributed by atoms with E-state index >= 15 is 0 Å². The molecule has 0 saturated carbocycles. The fraction of sp³-hybridized carbons (Fsp3) is 0.321. The van der Waals surface area contributed by atoms with E-state index in [-0.39, 0.29) is 24.3 Å². The second-order valence-corrected chi connectivity index (χ2v) is 8.77. The molecule has 2 heterocycles. The number of amides is 1. The van der Waals surface area contributed by atoms with Crippen molar-refractivity contribution < 1.29 is 18.3 Å². The van der Waals surface area contributed by atoms with Gasteiger partial charge in [-0.15, -0.1) is 0 Å². The van der Waals surface area contributed by atoms with Crippen LogP contribution in [0.25, 0.3) is 22.0 Å². The van der Waals surface area contributed by atoms with Crippen LogP contribution >= 0.6 is 0 Å². The first-order valence-corrected chi connectivity index (χ1v) is 12.3. The second kappa shape index (κ2) is 11.9. The number of fused-ring (bicyclic) bond motifs is 1. The van der Waals surface area contributed by atoms with Crippen LogP contribution in [0.3, 0.4) is 0 Å². The van der Waals surface area contributed by atoms with Crippen molar-refractivity contribution in [1.29, 1.82) is 0 Å². The average molecular weight is 508 g/mol. The van der Waals surface area contributed by atoms with Gasteiger partial charge in [0.2, 0.25) is 0 Å². The van der Waals surface area contributed by atoms with E-state index in [0.717, 1.165) is 22.2 Å². The number of hydrogen-bond donors (Lipinski definition) is 2. The standard InChI is InChI=1S/C28H31F2N5O2/c1-4-37-26-15-20(8-9-22(26)19-6-5-7-21(30)14-19)28(36)35(3)25(10-12-31-13-11-29)24-16-32-18(2)23-17-33-34-27(23)24/h5-9,14-17,25,31H,4,10-13H2,1-3H3,(H,33,34)/t25-/m1/s1. The normalized spacial score (nSPS) is 12.0. The molecule has 0 saturated heterocycles. The number of carbonyl (C=O) groups excluding carboxylic acids is 1. The molecule has 0 unspecified atom stereocenters. The zero-order valence-electron chi connectivity index (χ0n) is 21.2. The predicted molar refractivity (Wildman–Crippen MR) is 140 cm³/mol. The third-order valence-corrected chi connectivity index (χ3v) is 6.39. The molecule has 2 aromatic carbocycles. The minimum Gasteiger partial charge on any atom is -0.493 e. The Kier molecular flexibility index (Phi) is 8.45. The maximum absolute atomic E-state index is 13.9. The summed E-state index contributed by atoms with van der Waals surface area (Å²) in [5, 5.41) is 11.2. The molecule has 7 nitrogen and oxygen atoms in total. The van der Waals surface area contributed by atoms with Gasteiger partial charge in [-0.25, -0.2) is 8.78 Å². The number of benzene rings is 2. The van der Waals surface area contributed by atoms with Crippen molar-refractivity contribution in [3.05, 3.63) is 77.5 Å². The molecule has 37 heavy (non-hydrogen) atoms. The van der Waals surface area contributed by atoms with E-state index in [1.807, 2.05) is 13.8 Å². The van der Waals surface area contributed by atoms with Crippen molar-refractivity contribution in [2.45, 2.75) is 26.3 Å². The minimum atomic E-state index is -0.464. The number of pyridine rings is 1. The lowest BCUT2D eigenvalue weighted by molar-refractivity contribution is 0.0722. The lowest BCUT2D eigenvalue weighted by Crippen LogP contribution is -2.34. The third-order valence-electron chi connectivity index (χ3n) is 6.39. The molecular formula is C28H31F2N5O2. The van der Waals surface area contributed by atoms with Crippen LogP contribution in [-0.4, -0.2) is 59.4 Å². The predicted octanol–water partition coefficient (Wildman–Crippen LogP) is 5.23. The van der Waals surface area contributed by atoms with Crippen LogP contribution in [-0.2, 0) is 0 Å². The number of hydrogen-bond acceptors (Lipinski definition) is 5. The zero-order valence-corrected chi connectivity index (χ0v) is 21.2. The molecule has 2 aromatic heterocycles. The van der Waals surface area contributed by atoms with Gasteiger partial charge in [-0.3, -0.25) is 14.9 Å². The summed E-state index contributed by atoms with van der Waals surface area (Å²) in [6.07, 6.45) is 4.03. The molecule has 4 aromatic rings. The smallest absolute Gasteiger partial charge is 0.254 e. The summed E-state index contributed by atoms with van der Waals surface area (Å²) in [6.45, 7) is 4.45. The Morgan fingerprint density at radius 1 is 1.19 bits per heavy atom. The Balaban J connectivity index is 1.68. The number of aryl methyl sites for hydroxylation is 1. The Morgan fingerprint density at radius 3 is 2.78 bits per heavy atom. The summed E-state index contributed by atoms with van der Waals surface area (Å²) < 4.78 is 32.3. The van der Waals surface area contributed by atoms with Gasteiger partial charge in [0.05, 0.1) is 24.4 Å². The van der Waals surface area contributed by atoms with Gasteiger partial charge in [-0.05, 0) is 62.7 Å². The van der Waals surface area contributed by atoms with E-state index in [2.05, 4.69) is 20.5 Å². The van der Waals surface area contributed by atoms with E-state index in [4.69, 9.17) is 4.74 Å². The summed E-state index contributed by atoms with van der Waals surface area (Å²) >= 11 is 0. The van der Waals surface area contributed by atoms with E-state index in [9.17, 15) is 13.6 Å². The van der Waals surface area contributed by atoms with Gasteiger partial charge in [-0.1, -0.05) is 12.1 Å². The number of aromatic nitrogens is 3. The van der Waals surface area contributed by atoms with Gasteiger partial charge in [0.1, 0.15) is 18.2 Å². The maximum Gasteiger partial charge on any atom is 0.254 e. The monoisotopic (exact) mass is 507 g/mol. The molecule has 194 valence electrons. The van der Waals surface area contributed by atoms with Crippen molar-refractivity contribution in [3.63, 3.8) is 0 Å². The second-order valence-electron chi connectivity index (χ2n) is 8.77. The van der Waals surface area contributed by atoms with Crippen LogP contribution in [0.15, 0.2) is 54.9 Å². The summed E-state index contributed by atoms with van der Waals surface area (Å²) in [7, 11) is 1.74. The van der Waals surface area contributed by atoms with Gasteiger partial charge in [0, 0.05) is 47.6 Å². The van der Waals surface area contributed by atoms with E-state index in [0.29, 0.717) is 42.0 Å². The summed E-state index contributed by atoms with van der Waals surface area (Å²) in [5.41, 5.74) is 4.30. The van der Waals surface area contributed by atoms with Crippen molar-refractivity contribution in [2.24, 2.45) is 0 Å². The molecule has 0 fully saturated rings. The van der Waals surface area contributed by atoms with Crippen molar-refractivity contribution in [3.8, 4) is 16.9 Å². The molecule has 1 atom stereocenters. The number of ether oxygens (including phenoxy) is 1. The highest BCUT2D eigenvalue weighted by Crippen LogP contribution is 2.34. The topological polar surface area (TPSA) is 83.1 Å². The Labute approximate surface area is 214 Å². The first-order valence-electron chi connectivity index (χ1n) is 12.3. The molecule has 0 bridgehead atoms. The largest absolute Gasteiger partial charge is 0.493 e. The highest BCUT2D eigenvalue weighted by Gasteiger charge is 2.26. The molecule has 0 radical (unpaired) electrons. The summed E-state index contributed by atoms with van der Waals surface area (Å²) in [4.78, 5) is 19.9. The van der Waals surface area contributed by atoms with E-state index in [1.54, 1.807) is 54.7 Å². The number of alkyl halides is 1. The van der Waals surface area contributed by atoms with Gasteiger partial charge in [-0.2, -0.15) is 5.10 Å².